The molecule has 2 heteroatoms. The van der Waals surface area contributed by atoms with E-state index in [1.54, 1.807) is 11.3 Å². The highest BCUT2D eigenvalue weighted by atomic mass is 32.1. The first-order valence-electron chi connectivity index (χ1n) is 4.12. The second-order valence-corrected chi connectivity index (χ2v) is 5.10. The van der Waals surface area contributed by atoms with Gasteiger partial charge in [-0.05, 0) is 42.7 Å². The van der Waals surface area contributed by atoms with Gasteiger partial charge in [-0.1, -0.05) is 6.07 Å². The van der Waals surface area contributed by atoms with Crippen molar-refractivity contribution in [2.75, 3.05) is 0 Å². The van der Waals surface area contributed by atoms with Crippen molar-refractivity contribution in [2.45, 2.75) is 6.92 Å². The molecule has 0 amide bonds. The number of aryl methyl sites for hydroxylation is 1. The largest absolute Gasteiger partial charge is 0.144 e. The van der Waals surface area contributed by atoms with Crippen molar-refractivity contribution >= 4 is 34.8 Å². The molecule has 0 unspecified atom stereocenters. The van der Waals surface area contributed by atoms with Crippen molar-refractivity contribution in [3.8, 4) is 0 Å². The van der Waals surface area contributed by atoms with Gasteiger partial charge in [0.05, 0.1) is 0 Å². The van der Waals surface area contributed by atoms with E-state index in [9.17, 15) is 0 Å². The lowest BCUT2D eigenvalue weighted by molar-refractivity contribution is 1.64. The first kappa shape index (κ1) is 8.73. The number of thiophene rings is 2. The zero-order valence-electron chi connectivity index (χ0n) is 7.36. The Morgan fingerprint density at radius 3 is 2.54 bits per heavy atom. The molecule has 0 spiro atoms. The van der Waals surface area contributed by atoms with Gasteiger partial charge in [0.2, 0.25) is 0 Å². The van der Waals surface area contributed by atoms with Crippen molar-refractivity contribution in [1.82, 2.24) is 0 Å². The van der Waals surface area contributed by atoms with Crippen LogP contribution in [0.5, 0.6) is 0 Å². The predicted molar refractivity (Wildman–Crippen MR) is 62.3 cm³/mol. The topological polar surface area (TPSA) is 0 Å². The summed E-state index contributed by atoms with van der Waals surface area (Å²) in [4.78, 5) is 4.00. The molecule has 0 saturated heterocycles. The van der Waals surface area contributed by atoms with Crippen LogP contribution >= 0.6 is 22.7 Å². The lowest BCUT2D eigenvalue weighted by Crippen LogP contribution is -1.57. The summed E-state index contributed by atoms with van der Waals surface area (Å²) in [6, 6.07) is 8.51. The molecule has 0 aliphatic carbocycles. The zero-order chi connectivity index (χ0) is 9.10. The van der Waals surface area contributed by atoms with Gasteiger partial charge in [0.25, 0.3) is 0 Å². The van der Waals surface area contributed by atoms with E-state index in [4.69, 9.17) is 0 Å². The Balaban J connectivity index is 2.14. The molecule has 0 N–H and O–H groups in total. The zero-order valence-corrected chi connectivity index (χ0v) is 8.99. The monoisotopic (exact) mass is 206 g/mol. The van der Waals surface area contributed by atoms with Crippen molar-refractivity contribution < 1.29 is 0 Å². The Hall–Kier alpha value is -0.860. The van der Waals surface area contributed by atoms with Crippen molar-refractivity contribution in [3.63, 3.8) is 0 Å². The molecule has 0 bridgehead atoms. The van der Waals surface area contributed by atoms with E-state index in [1.165, 1.54) is 14.6 Å². The van der Waals surface area contributed by atoms with Gasteiger partial charge in [-0.3, -0.25) is 0 Å². The molecule has 2 aromatic rings. The summed E-state index contributed by atoms with van der Waals surface area (Å²) in [6.07, 6.45) is 4.33. The highest BCUT2D eigenvalue weighted by Crippen LogP contribution is 2.19. The maximum atomic E-state index is 2.17. The molecular formula is C11H10S2. The molecule has 2 aromatic heterocycles. The standard InChI is InChI=1S/C11H10S2/c1-9-4-5-11(13-9)7-6-10-3-2-8-12-10/h2-8H,1H3/b7-6-. The summed E-state index contributed by atoms with van der Waals surface area (Å²) >= 11 is 3.59. The van der Waals surface area contributed by atoms with Crippen LogP contribution in [0.3, 0.4) is 0 Å². The average Bonchev–Trinajstić information content (AvgIpc) is 2.71. The van der Waals surface area contributed by atoms with Gasteiger partial charge in [0, 0.05) is 14.6 Å². The summed E-state index contributed by atoms with van der Waals surface area (Å²) in [5, 5.41) is 2.10. The van der Waals surface area contributed by atoms with Crippen LogP contribution in [0.15, 0.2) is 29.6 Å². The lowest BCUT2D eigenvalue weighted by atomic mass is 10.3. The Bertz CT molecular complexity index is 393. The molecule has 2 heterocycles. The van der Waals surface area contributed by atoms with Gasteiger partial charge in [0.1, 0.15) is 0 Å². The Kier molecular flexibility index (Phi) is 2.62. The molecule has 0 fully saturated rings. The number of hydrogen-bond donors (Lipinski definition) is 0. The summed E-state index contributed by atoms with van der Waals surface area (Å²) in [7, 11) is 0. The van der Waals surface area contributed by atoms with Crippen LogP contribution in [-0.4, -0.2) is 0 Å². The minimum Gasteiger partial charge on any atom is -0.144 e. The molecule has 0 nitrogen and oxygen atoms in total. The Morgan fingerprint density at radius 2 is 1.92 bits per heavy atom. The highest BCUT2D eigenvalue weighted by molar-refractivity contribution is 7.13. The molecule has 2 rings (SSSR count). The van der Waals surface area contributed by atoms with Gasteiger partial charge < -0.3 is 0 Å². The second-order valence-electron chi connectivity index (χ2n) is 2.80. The minimum absolute atomic E-state index is 1.31. The first-order chi connectivity index (χ1) is 6.34. The quantitative estimate of drug-likeness (QED) is 0.687. The molecule has 0 atom stereocenters. The van der Waals surface area contributed by atoms with Crippen molar-refractivity contribution in [3.05, 3.63) is 44.3 Å². The summed E-state index contributed by atoms with van der Waals surface area (Å²) in [6.45, 7) is 2.13. The van der Waals surface area contributed by atoms with E-state index >= 15 is 0 Å². The summed E-state index contributed by atoms with van der Waals surface area (Å²) in [5.74, 6) is 0. The van der Waals surface area contributed by atoms with Crippen molar-refractivity contribution in [1.29, 1.82) is 0 Å². The summed E-state index contributed by atoms with van der Waals surface area (Å²) < 4.78 is 0. The average molecular weight is 206 g/mol. The van der Waals surface area contributed by atoms with Gasteiger partial charge in [-0.25, -0.2) is 0 Å². The fraction of sp³-hybridized carbons (Fsp3) is 0.0909. The van der Waals surface area contributed by atoms with E-state index in [-0.39, 0.29) is 0 Å². The molecule has 0 aliphatic rings. The van der Waals surface area contributed by atoms with Crippen LogP contribution < -0.4 is 0 Å². The summed E-state index contributed by atoms with van der Waals surface area (Å²) in [5.41, 5.74) is 0. The van der Waals surface area contributed by atoms with Crippen LogP contribution in [0.2, 0.25) is 0 Å². The van der Waals surface area contributed by atoms with Crippen LogP contribution in [0.25, 0.3) is 12.2 Å². The molecule has 0 aliphatic heterocycles. The molecular weight excluding hydrogens is 196 g/mol. The predicted octanol–water partition coefficient (Wildman–Crippen LogP) is 4.29. The highest BCUT2D eigenvalue weighted by Gasteiger charge is 1.91. The van der Waals surface area contributed by atoms with Crippen LogP contribution in [0.4, 0.5) is 0 Å². The van der Waals surface area contributed by atoms with E-state index in [0.717, 1.165) is 0 Å². The van der Waals surface area contributed by atoms with E-state index in [2.05, 4.69) is 48.7 Å². The van der Waals surface area contributed by atoms with Gasteiger partial charge in [-0.15, -0.1) is 22.7 Å². The normalized spacial score (nSPS) is 11.2. The van der Waals surface area contributed by atoms with Gasteiger partial charge in [-0.2, -0.15) is 0 Å². The third-order valence-corrected chi connectivity index (χ3v) is 3.52. The third kappa shape index (κ3) is 2.29. The maximum Gasteiger partial charge on any atom is 0.0273 e. The Morgan fingerprint density at radius 1 is 1.08 bits per heavy atom. The second kappa shape index (κ2) is 3.90. The van der Waals surface area contributed by atoms with Crippen LogP contribution in [-0.2, 0) is 0 Å². The fourth-order valence-electron chi connectivity index (χ4n) is 1.09. The van der Waals surface area contributed by atoms with Crippen LogP contribution in [0, 0.1) is 6.92 Å². The molecule has 0 radical (unpaired) electrons. The molecule has 66 valence electrons. The molecule has 0 aromatic carbocycles. The number of hydrogen-bond acceptors (Lipinski definition) is 2. The Labute approximate surface area is 86.2 Å². The minimum atomic E-state index is 1.31. The van der Waals surface area contributed by atoms with Crippen LogP contribution in [0.1, 0.15) is 14.6 Å². The van der Waals surface area contributed by atoms with E-state index < -0.39 is 0 Å². The first-order valence-corrected chi connectivity index (χ1v) is 5.82. The van der Waals surface area contributed by atoms with Gasteiger partial charge in [0.15, 0.2) is 0 Å². The van der Waals surface area contributed by atoms with E-state index in [0.29, 0.717) is 0 Å². The number of rotatable bonds is 2. The molecule has 0 saturated carbocycles. The lowest BCUT2D eigenvalue weighted by Gasteiger charge is -1.83. The van der Waals surface area contributed by atoms with E-state index in [1.807, 2.05) is 11.3 Å². The fourth-order valence-corrected chi connectivity index (χ4v) is 2.49. The van der Waals surface area contributed by atoms with Crippen molar-refractivity contribution in [2.24, 2.45) is 0 Å². The smallest absolute Gasteiger partial charge is 0.0273 e. The molecule has 13 heavy (non-hydrogen) atoms. The maximum absolute atomic E-state index is 2.17. The SMILES string of the molecule is Cc1ccc(/C=C\c2cccs2)s1. The van der Waals surface area contributed by atoms with Gasteiger partial charge >= 0.3 is 0 Å². The third-order valence-electron chi connectivity index (χ3n) is 1.72.